The van der Waals surface area contributed by atoms with Gasteiger partial charge < -0.3 is 4.90 Å². The minimum atomic E-state index is -4.48. The summed E-state index contributed by atoms with van der Waals surface area (Å²) in [5.74, 6) is -0.238. The van der Waals surface area contributed by atoms with E-state index in [1.165, 1.54) is 11.0 Å². The first kappa shape index (κ1) is 12.6. The van der Waals surface area contributed by atoms with Gasteiger partial charge in [0.05, 0.1) is 11.4 Å². The van der Waals surface area contributed by atoms with Crippen molar-refractivity contribution in [1.29, 1.82) is 0 Å². The predicted octanol–water partition coefficient (Wildman–Crippen LogP) is 2.27. The number of aromatic nitrogens is 4. The molecule has 2 aromatic rings. The third-order valence-electron chi connectivity index (χ3n) is 3.11. The van der Waals surface area contributed by atoms with Crippen LogP contribution in [0.1, 0.15) is 11.9 Å². The molecular formula is C12H10F3N5. The summed E-state index contributed by atoms with van der Waals surface area (Å²) >= 11 is 0. The van der Waals surface area contributed by atoms with Gasteiger partial charge in [-0.2, -0.15) is 17.9 Å². The van der Waals surface area contributed by atoms with Crippen molar-refractivity contribution in [3.8, 4) is 5.69 Å². The van der Waals surface area contributed by atoms with Gasteiger partial charge in [0.1, 0.15) is 0 Å². The maximum atomic E-state index is 13.4. The molecule has 8 heteroatoms. The minimum Gasteiger partial charge on any atom is -0.348 e. The maximum Gasteiger partial charge on any atom is 0.416 e. The van der Waals surface area contributed by atoms with E-state index in [9.17, 15) is 13.2 Å². The lowest BCUT2D eigenvalue weighted by molar-refractivity contribution is -0.152. The lowest BCUT2D eigenvalue weighted by Crippen LogP contribution is -2.43. The summed E-state index contributed by atoms with van der Waals surface area (Å²) in [7, 11) is 0. The van der Waals surface area contributed by atoms with Crippen LogP contribution in [0, 0.1) is 0 Å². The zero-order valence-corrected chi connectivity index (χ0v) is 10.2. The molecule has 5 nitrogen and oxygen atoms in total. The topological polar surface area (TPSA) is 46.8 Å². The molecule has 2 heterocycles. The molecule has 1 aromatic carbocycles. The van der Waals surface area contributed by atoms with E-state index in [-0.39, 0.29) is 12.4 Å². The van der Waals surface area contributed by atoms with Crippen molar-refractivity contribution in [1.82, 2.24) is 20.2 Å². The summed E-state index contributed by atoms with van der Waals surface area (Å²) in [6.45, 7) is 3.57. The van der Waals surface area contributed by atoms with E-state index in [0.717, 1.165) is 4.68 Å². The zero-order chi connectivity index (χ0) is 14.3. The number of para-hydroxylation sites is 2. The van der Waals surface area contributed by atoms with Crippen LogP contribution in [0.5, 0.6) is 0 Å². The van der Waals surface area contributed by atoms with Crippen molar-refractivity contribution in [3.63, 3.8) is 0 Å². The molecule has 3 rings (SSSR count). The Labute approximate surface area is 112 Å². The smallest absolute Gasteiger partial charge is 0.348 e. The molecule has 1 unspecified atom stereocenters. The number of fused-ring (bicyclic) bond motifs is 3. The van der Waals surface area contributed by atoms with E-state index < -0.39 is 12.2 Å². The second kappa shape index (κ2) is 4.32. The number of halogens is 3. The van der Waals surface area contributed by atoms with Crippen LogP contribution in [0.2, 0.25) is 0 Å². The average molecular weight is 281 g/mol. The highest BCUT2D eigenvalue weighted by molar-refractivity contribution is 5.66. The number of anilines is 1. The molecule has 0 radical (unpaired) electrons. The first-order valence-corrected chi connectivity index (χ1v) is 5.86. The molecule has 0 saturated carbocycles. The molecule has 1 aliphatic heterocycles. The molecule has 1 aromatic heterocycles. The van der Waals surface area contributed by atoms with Gasteiger partial charge in [0, 0.05) is 6.54 Å². The van der Waals surface area contributed by atoms with Crippen LogP contribution >= 0.6 is 0 Å². The first-order chi connectivity index (χ1) is 9.54. The van der Waals surface area contributed by atoms with Gasteiger partial charge in [0.2, 0.25) is 0 Å². The standard InChI is InChI=1S/C12H10F3N5/c1-2-7-19-8-5-3-4-6-9(8)20-11(16-17-18-20)10(19)12(13,14)15/h2-6,10H,1,7H2. The lowest BCUT2D eigenvalue weighted by atomic mass is 10.1. The highest BCUT2D eigenvalue weighted by atomic mass is 19.4. The van der Waals surface area contributed by atoms with Gasteiger partial charge in [-0.1, -0.05) is 18.2 Å². The second-order valence-corrected chi connectivity index (χ2v) is 4.32. The van der Waals surface area contributed by atoms with E-state index in [0.29, 0.717) is 11.4 Å². The Balaban J connectivity index is 2.25. The Bertz CT molecular complexity index is 649. The SMILES string of the molecule is C=CCN1c2ccccc2-n2nnnc2C1C(F)(F)F. The fraction of sp³-hybridized carbons (Fsp3) is 0.250. The van der Waals surface area contributed by atoms with Crippen LogP contribution in [-0.2, 0) is 0 Å². The monoisotopic (exact) mass is 281 g/mol. The van der Waals surface area contributed by atoms with Crippen molar-refractivity contribution in [2.75, 3.05) is 11.4 Å². The molecule has 20 heavy (non-hydrogen) atoms. The Kier molecular flexibility index (Phi) is 2.73. The fourth-order valence-electron chi connectivity index (χ4n) is 2.37. The summed E-state index contributed by atoms with van der Waals surface area (Å²) in [6, 6.07) is 4.81. The molecule has 0 aliphatic carbocycles. The van der Waals surface area contributed by atoms with Gasteiger partial charge >= 0.3 is 6.18 Å². The molecule has 104 valence electrons. The molecule has 1 aliphatic rings. The summed E-state index contributed by atoms with van der Waals surface area (Å²) in [4.78, 5) is 1.20. The first-order valence-electron chi connectivity index (χ1n) is 5.86. The number of rotatable bonds is 2. The number of tetrazole rings is 1. The molecular weight excluding hydrogens is 271 g/mol. The van der Waals surface area contributed by atoms with Crippen LogP contribution in [-0.4, -0.2) is 32.9 Å². The van der Waals surface area contributed by atoms with Gasteiger partial charge in [-0.05, 0) is 22.6 Å². The molecule has 0 bridgehead atoms. The van der Waals surface area contributed by atoms with Crippen LogP contribution in [0.25, 0.3) is 5.69 Å². The zero-order valence-electron chi connectivity index (χ0n) is 10.2. The summed E-state index contributed by atoms with van der Waals surface area (Å²) in [5, 5.41) is 10.6. The van der Waals surface area contributed by atoms with Crippen molar-refractivity contribution in [2.45, 2.75) is 12.2 Å². The average Bonchev–Trinajstić information content (AvgIpc) is 2.86. The third kappa shape index (κ3) is 1.75. The Morgan fingerprint density at radius 3 is 2.60 bits per heavy atom. The Morgan fingerprint density at radius 1 is 1.25 bits per heavy atom. The minimum absolute atomic E-state index is 0.0497. The number of hydrogen-bond donors (Lipinski definition) is 0. The maximum absolute atomic E-state index is 13.4. The highest BCUT2D eigenvalue weighted by Gasteiger charge is 2.50. The van der Waals surface area contributed by atoms with Crippen LogP contribution in [0.4, 0.5) is 18.9 Å². The molecule has 1 atom stereocenters. The Morgan fingerprint density at radius 2 is 1.95 bits per heavy atom. The van der Waals surface area contributed by atoms with Gasteiger partial charge in [-0.15, -0.1) is 11.7 Å². The van der Waals surface area contributed by atoms with Crippen LogP contribution in [0.3, 0.4) is 0 Å². The largest absolute Gasteiger partial charge is 0.416 e. The molecule has 0 spiro atoms. The quantitative estimate of drug-likeness (QED) is 0.792. The van der Waals surface area contributed by atoms with E-state index in [4.69, 9.17) is 0 Å². The highest BCUT2D eigenvalue weighted by Crippen LogP contribution is 2.44. The van der Waals surface area contributed by atoms with Crippen molar-refractivity contribution in [3.05, 3.63) is 42.7 Å². The van der Waals surface area contributed by atoms with Crippen molar-refractivity contribution < 1.29 is 13.2 Å². The summed E-state index contributed by atoms with van der Waals surface area (Å²) < 4.78 is 41.3. The number of benzene rings is 1. The fourth-order valence-corrected chi connectivity index (χ4v) is 2.37. The van der Waals surface area contributed by atoms with Crippen molar-refractivity contribution in [2.24, 2.45) is 0 Å². The predicted molar refractivity (Wildman–Crippen MR) is 65.5 cm³/mol. The van der Waals surface area contributed by atoms with Gasteiger partial charge in [0.25, 0.3) is 0 Å². The van der Waals surface area contributed by atoms with Crippen molar-refractivity contribution >= 4 is 5.69 Å². The molecule has 0 saturated heterocycles. The van der Waals surface area contributed by atoms with Gasteiger partial charge in [-0.3, -0.25) is 0 Å². The lowest BCUT2D eigenvalue weighted by Gasteiger charge is -2.37. The number of alkyl halides is 3. The van der Waals surface area contributed by atoms with E-state index in [1.54, 1.807) is 24.3 Å². The summed E-state index contributed by atoms with van der Waals surface area (Å²) in [5.41, 5.74) is 0.948. The van der Waals surface area contributed by atoms with Crippen LogP contribution in [0.15, 0.2) is 36.9 Å². The Hall–Kier alpha value is -2.38. The molecule has 0 fully saturated rings. The second-order valence-electron chi connectivity index (χ2n) is 4.32. The van der Waals surface area contributed by atoms with E-state index in [2.05, 4.69) is 22.1 Å². The van der Waals surface area contributed by atoms with Gasteiger partial charge in [0.15, 0.2) is 11.9 Å². The van der Waals surface area contributed by atoms with E-state index >= 15 is 0 Å². The van der Waals surface area contributed by atoms with E-state index in [1.807, 2.05) is 0 Å². The molecule has 0 N–H and O–H groups in total. The van der Waals surface area contributed by atoms with Crippen LogP contribution < -0.4 is 4.90 Å². The normalized spacial score (nSPS) is 17.6. The summed E-state index contributed by atoms with van der Waals surface area (Å²) in [6.07, 6.45) is -3.06. The number of nitrogens with zero attached hydrogens (tertiary/aromatic N) is 5. The van der Waals surface area contributed by atoms with Gasteiger partial charge in [-0.25, -0.2) is 0 Å². The molecule has 0 amide bonds. The number of hydrogen-bond acceptors (Lipinski definition) is 4. The third-order valence-corrected chi connectivity index (χ3v) is 3.11.